The van der Waals surface area contributed by atoms with Crippen molar-refractivity contribution in [3.8, 4) is 0 Å². The molecule has 5 nitrogen and oxygen atoms in total. The van der Waals surface area contributed by atoms with Gasteiger partial charge in [0, 0.05) is 45.8 Å². The van der Waals surface area contributed by atoms with Crippen LogP contribution in [0.5, 0.6) is 0 Å². The van der Waals surface area contributed by atoms with Crippen LogP contribution in [0.15, 0.2) is 0 Å². The zero-order chi connectivity index (χ0) is 11.1. The predicted molar refractivity (Wildman–Crippen MR) is 63.6 cm³/mol. The van der Waals surface area contributed by atoms with E-state index in [2.05, 4.69) is 22.5 Å². The molecule has 6 N–H and O–H groups in total. The first-order valence-electron chi connectivity index (χ1n) is 5.87. The lowest BCUT2D eigenvalue weighted by atomic mass is 10.1. The van der Waals surface area contributed by atoms with Gasteiger partial charge in [0.2, 0.25) is 0 Å². The van der Waals surface area contributed by atoms with Crippen LogP contribution in [0.3, 0.4) is 0 Å². The van der Waals surface area contributed by atoms with Crippen molar-refractivity contribution >= 4 is 0 Å². The van der Waals surface area contributed by atoms with E-state index in [0.717, 1.165) is 45.7 Å². The Labute approximate surface area is 92.6 Å². The third-order valence-electron chi connectivity index (χ3n) is 2.97. The number of nitrogens with zero attached hydrogens (tertiary/aromatic N) is 1. The summed E-state index contributed by atoms with van der Waals surface area (Å²) in [6.07, 6.45) is 0.928. The molecule has 0 amide bonds. The molecule has 5 heteroatoms. The average Bonchev–Trinajstić information content (AvgIpc) is 2.28. The highest BCUT2D eigenvalue weighted by atomic mass is 15.2. The fraction of sp³-hybridized carbons (Fsp3) is 1.00. The van der Waals surface area contributed by atoms with Crippen molar-refractivity contribution in [2.45, 2.75) is 19.0 Å². The van der Waals surface area contributed by atoms with E-state index in [-0.39, 0.29) is 5.66 Å². The molecule has 0 aromatic rings. The van der Waals surface area contributed by atoms with Gasteiger partial charge in [-0.1, -0.05) is 6.92 Å². The third kappa shape index (κ3) is 4.44. The van der Waals surface area contributed by atoms with Gasteiger partial charge in [0.15, 0.2) is 0 Å². The molecule has 1 rings (SSSR count). The number of nitrogens with one attached hydrogen (secondary N) is 2. The maximum Gasteiger partial charge on any atom is 0.0790 e. The standard InChI is InChI=1S/C10H25N5/c1-2-10(12,14-4-3-11)9-15-7-5-13-6-8-15/h13-14H,2-9,11-12H2,1H3. The monoisotopic (exact) mass is 215 g/mol. The molecule has 0 bridgehead atoms. The molecule has 0 aromatic carbocycles. The van der Waals surface area contributed by atoms with Crippen LogP contribution in [0.4, 0.5) is 0 Å². The first kappa shape index (κ1) is 12.9. The van der Waals surface area contributed by atoms with Gasteiger partial charge in [0.25, 0.3) is 0 Å². The van der Waals surface area contributed by atoms with Gasteiger partial charge < -0.3 is 16.8 Å². The smallest absolute Gasteiger partial charge is 0.0790 e. The van der Waals surface area contributed by atoms with E-state index in [4.69, 9.17) is 11.5 Å². The Morgan fingerprint density at radius 3 is 2.60 bits per heavy atom. The molecule has 1 atom stereocenters. The minimum atomic E-state index is -0.281. The quantitative estimate of drug-likeness (QED) is 0.406. The Hall–Kier alpha value is -0.200. The van der Waals surface area contributed by atoms with E-state index in [1.54, 1.807) is 0 Å². The summed E-state index contributed by atoms with van der Waals surface area (Å²) < 4.78 is 0. The molecule has 0 spiro atoms. The summed E-state index contributed by atoms with van der Waals surface area (Å²) in [5.41, 5.74) is 11.5. The second-order valence-electron chi connectivity index (χ2n) is 4.25. The SMILES string of the molecule is CCC(N)(CN1CCNCC1)NCCN. The predicted octanol–water partition coefficient (Wildman–Crippen LogP) is -1.50. The highest BCUT2D eigenvalue weighted by Crippen LogP contribution is 2.05. The Morgan fingerprint density at radius 2 is 2.07 bits per heavy atom. The second-order valence-corrected chi connectivity index (χ2v) is 4.25. The maximum atomic E-state index is 6.29. The summed E-state index contributed by atoms with van der Waals surface area (Å²) in [6, 6.07) is 0. The molecule has 0 aliphatic carbocycles. The lowest BCUT2D eigenvalue weighted by Crippen LogP contribution is -2.62. The number of rotatable bonds is 6. The first-order chi connectivity index (χ1) is 7.20. The zero-order valence-electron chi connectivity index (χ0n) is 9.76. The Balaban J connectivity index is 2.35. The molecule has 0 radical (unpaired) electrons. The number of hydrogen-bond donors (Lipinski definition) is 4. The van der Waals surface area contributed by atoms with Gasteiger partial charge in [-0.2, -0.15) is 0 Å². The van der Waals surface area contributed by atoms with Crippen LogP contribution in [0.2, 0.25) is 0 Å². The van der Waals surface area contributed by atoms with Crippen LogP contribution in [-0.2, 0) is 0 Å². The third-order valence-corrected chi connectivity index (χ3v) is 2.97. The summed E-state index contributed by atoms with van der Waals surface area (Å²) in [6.45, 7) is 8.76. The van der Waals surface area contributed by atoms with Gasteiger partial charge in [0.1, 0.15) is 0 Å². The number of hydrogen-bond acceptors (Lipinski definition) is 5. The van der Waals surface area contributed by atoms with Crippen molar-refractivity contribution in [2.24, 2.45) is 11.5 Å². The van der Waals surface area contributed by atoms with Crippen LogP contribution in [0.1, 0.15) is 13.3 Å². The van der Waals surface area contributed by atoms with Gasteiger partial charge in [-0.15, -0.1) is 0 Å². The molecule has 1 saturated heterocycles. The Bertz CT molecular complexity index is 169. The van der Waals surface area contributed by atoms with Gasteiger partial charge in [0.05, 0.1) is 5.66 Å². The van der Waals surface area contributed by atoms with Crippen molar-refractivity contribution in [1.29, 1.82) is 0 Å². The topological polar surface area (TPSA) is 79.3 Å². The molecular weight excluding hydrogens is 190 g/mol. The van der Waals surface area contributed by atoms with Crippen molar-refractivity contribution in [3.05, 3.63) is 0 Å². The Morgan fingerprint density at radius 1 is 1.40 bits per heavy atom. The molecule has 0 aromatic heterocycles. The van der Waals surface area contributed by atoms with E-state index in [0.29, 0.717) is 6.54 Å². The summed E-state index contributed by atoms with van der Waals surface area (Å²) >= 11 is 0. The second kappa shape index (κ2) is 6.40. The minimum absolute atomic E-state index is 0.281. The first-order valence-corrected chi connectivity index (χ1v) is 5.87. The summed E-state index contributed by atoms with van der Waals surface area (Å²) in [5, 5.41) is 6.67. The highest BCUT2D eigenvalue weighted by molar-refractivity contribution is 4.85. The maximum absolute atomic E-state index is 6.29. The summed E-state index contributed by atoms with van der Waals surface area (Å²) in [5.74, 6) is 0. The fourth-order valence-corrected chi connectivity index (χ4v) is 1.88. The molecular formula is C10H25N5. The molecule has 1 aliphatic heterocycles. The minimum Gasteiger partial charge on any atom is -0.329 e. The van der Waals surface area contributed by atoms with Crippen molar-refractivity contribution in [3.63, 3.8) is 0 Å². The lowest BCUT2D eigenvalue weighted by Gasteiger charge is -2.37. The number of piperazine rings is 1. The Kier molecular flexibility index (Phi) is 5.49. The van der Waals surface area contributed by atoms with E-state index < -0.39 is 0 Å². The van der Waals surface area contributed by atoms with Gasteiger partial charge in [-0.3, -0.25) is 10.2 Å². The van der Waals surface area contributed by atoms with E-state index in [1.165, 1.54) is 0 Å². The summed E-state index contributed by atoms with van der Waals surface area (Å²) in [7, 11) is 0. The average molecular weight is 215 g/mol. The molecule has 90 valence electrons. The van der Waals surface area contributed by atoms with Crippen molar-refractivity contribution in [2.75, 3.05) is 45.8 Å². The van der Waals surface area contributed by atoms with Gasteiger partial charge in [-0.05, 0) is 6.42 Å². The fourth-order valence-electron chi connectivity index (χ4n) is 1.88. The lowest BCUT2D eigenvalue weighted by molar-refractivity contribution is 0.162. The molecule has 0 saturated carbocycles. The molecule has 15 heavy (non-hydrogen) atoms. The number of nitrogens with two attached hydrogens (primary N) is 2. The van der Waals surface area contributed by atoms with Gasteiger partial charge in [-0.25, -0.2) is 0 Å². The molecule has 1 fully saturated rings. The van der Waals surface area contributed by atoms with E-state index >= 15 is 0 Å². The molecule has 1 aliphatic rings. The van der Waals surface area contributed by atoms with Gasteiger partial charge >= 0.3 is 0 Å². The van der Waals surface area contributed by atoms with Crippen LogP contribution in [0.25, 0.3) is 0 Å². The van der Waals surface area contributed by atoms with Crippen LogP contribution >= 0.6 is 0 Å². The van der Waals surface area contributed by atoms with Crippen LogP contribution in [0, 0.1) is 0 Å². The van der Waals surface area contributed by atoms with E-state index in [9.17, 15) is 0 Å². The largest absolute Gasteiger partial charge is 0.329 e. The molecule has 1 heterocycles. The van der Waals surface area contributed by atoms with Crippen LogP contribution in [-0.4, -0.2) is 56.4 Å². The highest BCUT2D eigenvalue weighted by Gasteiger charge is 2.25. The van der Waals surface area contributed by atoms with Crippen LogP contribution < -0.4 is 22.1 Å². The van der Waals surface area contributed by atoms with Crippen molar-refractivity contribution in [1.82, 2.24) is 15.5 Å². The summed E-state index contributed by atoms with van der Waals surface area (Å²) in [4.78, 5) is 2.41. The molecule has 1 unspecified atom stereocenters. The van der Waals surface area contributed by atoms with E-state index in [1.807, 2.05) is 0 Å². The van der Waals surface area contributed by atoms with Crippen molar-refractivity contribution < 1.29 is 0 Å². The zero-order valence-corrected chi connectivity index (χ0v) is 9.76. The normalized spacial score (nSPS) is 22.6.